The Morgan fingerprint density at radius 2 is 1.41 bits per heavy atom. The number of rotatable bonds is 8. The number of hydrogen-bond acceptors (Lipinski definition) is 5. The molecule has 17 heavy (non-hydrogen) atoms. The van der Waals surface area contributed by atoms with Gasteiger partial charge < -0.3 is 14.4 Å². The lowest BCUT2D eigenvalue weighted by molar-refractivity contribution is -0.137. The molecule has 6 nitrogen and oxygen atoms in total. The average Bonchev–Trinajstić information content (AvgIpc) is 2.27. The van der Waals surface area contributed by atoms with E-state index in [1.807, 2.05) is 0 Å². The fourth-order valence-electron chi connectivity index (χ4n) is 0.807. The van der Waals surface area contributed by atoms with Crippen LogP contribution < -0.4 is 0 Å². The molecule has 1 N–H and O–H groups in total. The van der Waals surface area contributed by atoms with E-state index in [1.54, 1.807) is 0 Å². The van der Waals surface area contributed by atoms with Crippen LogP contribution in [0.3, 0.4) is 0 Å². The monoisotopic (exact) mass is 262 g/mol. The largest absolute Gasteiger partial charge is 0.462 e. The summed E-state index contributed by atoms with van der Waals surface area (Å²) in [4.78, 5) is 30.7. The zero-order valence-corrected chi connectivity index (χ0v) is 10.2. The summed E-state index contributed by atoms with van der Waals surface area (Å²) in [5.41, 5.74) is 0. The van der Waals surface area contributed by atoms with Gasteiger partial charge >= 0.3 is 11.9 Å². The van der Waals surface area contributed by atoms with E-state index in [9.17, 15) is 19.0 Å². The Balaban J connectivity index is 3.83. The molecule has 96 valence electrons. The first-order chi connectivity index (χ1) is 7.91. The zero-order chi connectivity index (χ0) is 13.3. The first-order valence-electron chi connectivity index (χ1n) is 4.80. The van der Waals surface area contributed by atoms with Gasteiger partial charge in [-0.15, -0.1) is 0 Å². The maximum Gasteiger partial charge on any atom is 0.330 e. The van der Waals surface area contributed by atoms with E-state index in [-0.39, 0.29) is 25.5 Å². The first-order valence-corrected chi connectivity index (χ1v) is 6.83. The van der Waals surface area contributed by atoms with Crippen molar-refractivity contribution in [3.63, 3.8) is 0 Å². The molecule has 0 rings (SSSR count). The molecule has 0 saturated heterocycles. The van der Waals surface area contributed by atoms with Gasteiger partial charge in [0, 0.05) is 12.2 Å². The lowest BCUT2D eigenvalue weighted by atomic mass is 10.6. The Kier molecular flexibility index (Phi) is 7.18. The van der Waals surface area contributed by atoms with E-state index in [0.717, 1.165) is 12.2 Å². The van der Waals surface area contributed by atoms with E-state index >= 15 is 0 Å². The number of carbonyl (C=O) groups is 2. The van der Waals surface area contributed by atoms with Crippen LogP contribution in [0.25, 0.3) is 0 Å². The molecule has 0 heterocycles. The zero-order valence-electron chi connectivity index (χ0n) is 9.33. The summed E-state index contributed by atoms with van der Waals surface area (Å²) >= 11 is 0. The van der Waals surface area contributed by atoms with Crippen molar-refractivity contribution in [2.75, 3.05) is 25.5 Å². The van der Waals surface area contributed by atoms with Crippen LogP contribution in [0.2, 0.25) is 0 Å². The minimum Gasteiger partial charge on any atom is -0.462 e. The van der Waals surface area contributed by atoms with Gasteiger partial charge in [-0.1, -0.05) is 13.2 Å². The van der Waals surface area contributed by atoms with Crippen LogP contribution in [0.4, 0.5) is 0 Å². The maximum absolute atomic E-state index is 11.5. The first kappa shape index (κ1) is 15.6. The summed E-state index contributed by atoms with van der Waals surface area (Å²) in [5.74, 6) is -1.30. The third kappa shape index (κ3) is 8.42. The fraction of sp³-hybridized carbons (Fsp3) is 0.400. The predicted molar refractivity (Wildman–Crippen MR) is 61.9 cm³/mol. The Hall–Kier alpha value is -1.39. The highest BCUT2D eigenvalue weighted by molar-refractivity contribution is 7.58. The van der Waals surface area contributed by atoms with Crippen LogP contribution in [0.15, 0.2) is 25.3 Å². The minimum absolute atomic E-state index is 0.173. The highest BCUT2D eigenvalue weighted by atomic mass is 31.2. The van der Waals surface area contributed by atoms with E-state index < -0.39 is 19.3 Å². The molecule has 0 radical (unpaired) electrons. The molecule has 7 heteroatoms. The van der Waals surface area contributed by atoms with E-state index in [2.05, 4.69) is 22.6 Å². The third-order valence-electron chi connectivity index (χ3n) is 1.70. The van der Waals surface area contributed by atoms with Gasteiger partial charge in [-0.2, -0.15) is 0 Å². The molecule has 0 spiro atoms. The standard InChI is InChI=1S/C10H15O6P/c1-3-9(11)15-5-7-17(13,14)8-6-16-10(12)4-2/h3-4H,1-2,5-8H2,(H,13,14). The molecular weight excluding hydrogens is 247 g/mol. The molecule has 0 bridgehead atoms. The molecule has 0 aromatic carbocycles. The second-order valence-corrected chi connectivity index (χ2v) is 5.62. The summed E-state index contributed by atoms with van der Waals surface area (Å²) < 4.78 is 20.6. The van der Waals surface area contributed by atoms with Crippen molar-refractivity contribution < 1.29 is 28.5 Å². The van der Waals surface area contributed by atoms with Crippen LogP contribution in [0.5, 0.6) is 0 Å². The molecule has 0 unspecified atom stereocenters. The van der Waals surface area contributed by atoms with Crippen molar-refractivity contribution in [3.05, 3.63) is 25.3 Å². The SMILES string of the molecule is C=CC(=O)OCCP(=O)(O)CCOC(=O)C=C. The van der Waals surface area contributed by atoms with Crippen LogP contribution in [-0.2, 0) is 23.6 Å². The highest BCUT2D eigenvalue weighted by Gasteiger charge is 2.19. The van der Waals surface area contributed by atoms with Crippen molar-refractivity contribution >= 4 is 19.3 Å². The lowest BCUT2D eigenvalue weighted by Gasteiger charge is -2.11. The average molecular weight is 262 g/mol. The molecule has 0 aromatic rings. The maximum atomic E-state index is 11.5. The minimum atomic E-state index is -3.45. The Morgan fingerprint density at radius 3 is 1.71 bits per heavy atom. The lowest BCUT2D eigenvalue weighted by Crippen LogP contribution is -2.11. The Bertz CT molecular complexity index is 319. The van der Waals surface area contributed by atoms with E-state index in [4.69, 9.17) is 0 Å². The second kappa shape index (κ2) is 7.81. The van der Waals surface area contributed by atoms with Crippen LogP contribution >= 0.6 is 7.37 Å². The van der Waals surface area contributed by atoms with Gasteiger partial charge in [0.2, 0.25) is 7.37 Å². The normalized spacial score (nSPS) is 10.4. The molecule has 0 saturated carbocycles. The van der Waals surface area contributed by atoms with Gasteiger partial charge in [-0.25, -0.2) is 9.59 Å². The van der Waals surface area contributed by atoms with Crippen LogP contribution in [0, 0.1) is 0 Å². The number of ether oxygens (including phenoxy) is 2. The summed E-state index contributed by atoms with van der Waals surface area (Å²) in [6.45, 7) is 6.02. The molecule has 0 aliphatic heterocycles. The van der Waals surface area contributed by atoms with Crippen molar-refractivity contribution in [2.24, 2.45) is 0 Å². The summed E-state index contributed by atoms with van der Waals surface area (Å²) in [6.07, 6.45) is 1.57. The molecule has 0 atom stereocenters. The summed E-state index contributed by atoms with van der Waals surface area (Å²) in [6, 6.07) is 0. The molecular formula is C10H15O6P. The smallest absolute Gasteiger partial charge is 0.330 e. The van der Waals surface area contributed by atoms with Crippen molar-refractivity contribution in [1.29, 1.82) is 0 Å². The van der Waals surface area contributed by atoms with Crippen LogP contribution in [-0.4, -0.2) is 42.4 Å². The third-order valence-corrected chi connectivity index (χ3v) is 3.47. The molecule has 0 aliphatic carbocycles. The van der Waals surface area contributed by atoms with Gasteiger partial charge in [0.1, 0.15) is 13.2 Å². The number of carbonyl (C=O) groups excluding carboxylic acids is 2. The van der Waals surface area contributed by atoms with E-state index in [1.165, 1.54) is 0 Å². The van der Waals surface area contributed by atoms with E-state index in [0.29, 0.717) is 0 Å². The second-order valence-electron chi connectivity index (χ2n) is 3.04. The van der Waals surface area contributed by atoms with Crippen LogP contribution in [0.1, 0.15) is 0 Å². The topological polar surface area (TPSA) is 89.9 Å². The Morgan fingerprint density at radius 1 is 1.06 bits per heavy atom. The quantitative estimate of drug-likeness (QED) is 0.393. The highest BCUT2D eigenvalue weighted by Crippen LogP contribution is 2.39. The molecule has 0 aromatic heterocycles. The van der Waals surface area contributed by atoms with Gasteiger partial charge in [-0.3, -0.25) is 4.57 Å². The number of esters is 2. The number of hydrogen-bond donors (Lipinski definition) is 1. The predicted octanol–water partition coefficient (Wildman–Crippen LogP) is 0.715. The van der Waals surface area contributed by atoms with Crippen molar-refractivity contribution in [2.45, 2.75) is 0 Å². The summed E-state index contributed by atoms with van der Waals surface area (Å²) in [7, 11) is -3.45. The summed E-state index contributed by atoms with van der Waals surface area (Å²) in [5, 5.41) is 0. The van der Waals surface area contributed by atoms with Gasteiger partial charge in [0.15, 0.2) is 0 Å². The fourth-order valence-corrected chi connectivity index (χ4v) is 1.78. The van der Waals surface area contributed by atoms with Crippen molar-refractivity contribution in [3.8, 4) is 0 Å². The molecule has 0 fully saturated rings. The Labute approximate surface area is 99.4 Å². The van der Waals surface area contributed by atoms with Crippen molar-refractivity contribution in [1.82, 2.24) is 0 Å². The van der Waals surface area contributed by atoms with Gasteiger partial charge in [-0.05, 0) is 0 Å². The molecule has 0 amide bonds. The van der Waals surface area contributed by atoms with Gasteiger partial charge in [0.25, 0.3) is 0 Å². The van der Waals surface area contributed by atoms with Gasteiger partial charge in [0.05, 0.1) is 12.3 Å². The molecule has 0 aliphatic rings.